The number of anilines is 2. The van der Waals surface area contributed by atoms with E-state index in [4.69, 9.17) is 0 Å². The molecule has 1 heterocycles. The minimum atomic E-state index is -0.413. The van der Waals surface area contributed by atoms with Crippen LogP contribution < -0.4 is 10.2 Å². The molecular formula is C19H20IN3O3. The van der Waals surface area contributed by atoms with Crippen molar-refractivity contribution in [2.24, 2.45) is 0 Å². The maximum absolute atomic E-state index is 12.6. The monoisotopic (exact) mass is 465 g/mol. The molecule has 0 aromatic heterocycles. The summed E-state index contributed by atoms with van der Waals surface area (Å²) in [5, 5.41) is 14.3. The molecular weight excluding hydrogens is 445 g/mol. The average molecular weight is 465 g/mol. The van der Waals surface area contributed by atoms with E-state index in [1.165, 1.54) is 6.07 Å². The number of amides is 1. The van der Waals surface area contributed by atoms with Gasteiger partial charge in [-0.3, -0.25) is 14.9 Å². The van der Waals surface area contributed by atoms with E-state index in [9.17, 15) is 14.9 Å². The van der Waals surface area contributed by atoms with Gasteiger partial charge in [0.1, 0.15) is 5.69 Å². The van der Waals surface area contributed by atoms with E-state index in [0.717, 1.165) is 40.6 Å². The maximum Gasteiger partial charge on any atom is 0.293 e. The largest absolute Gasteiger partial charge is 0.366 e. The molecule has 136 valence electrons. The molecule has 6 nitrogen and oxygen atoms in total. The summed E-state index contributed by atoms with van der Waals surface area (Å²) in [4.78, 5) is 25.7. The van der Waals surface area contributed by atoms with Crippen molar-refractivity contribution in [2.75, 3.05) is 23.3 Å². The van der Waals surface area contributed by atoms with Crippen LogP contribution in [-0.4, -0.2) is 23.9 Å². The Hall–Kier alpha value is -2.16. The fourth-order valence-electron chi connectivity index (χ4n) is 3.26. The quantitative estimate of drug-likeness (QED) is 0.405. The highest BCUT2D eigenvalue weighted by atomic mass is 127. The van der Waals surface area contributed by atoms with Crippen molar-refractivity contribution in [2.45, 2.75) is 26.7 Å². The van der Waals surface area contributed by atoms with Gasteiger partial charge in [-0.2, -0.15) is 0 Å². The lowest BCUT2D eigenvalue weighted by Crippen LogP contribution is -2.20. The predicted octanol–water partition coefficient (Wildman–Crippen LogP) is 4.67. The normalized spacial score (nSPS) is 13.7. The van der Waals surface area contributed by atoms with Crippen molar-refractivity contribution < 1.29 is 9.72 Å². The standard InChI is InChI=1S/C19H20IN3O3/c1-12-9-15(10-13(2)18(12)20)21-19(24)14-5-6-16(17(11-14)23(25)26)22-7-3-4-8-22/h5-6,9-11H,3-4,7-8H2,1-2H3,(H,21,24). The van der Waals surface area contributed by atoms with Gasteiger partial charge in [0, 0.05) is 34.0 Å². The molecule has 7 heteroatoms. The van der Waals surface area contributed by atoms with Crippen LogP contribution in [0.1, 0.15) is 34.3 Å². The molecule has 1 saturated heterocycles. The van der Waals surface area contributed by atoms with Gasteiger partial charge in [-0.1, -0.05) is 0 Å². The van der Waals surface area contributed by atoms with Crippen molar-refractivity contribution in [3.05, 3.63) is 60.7 Å². The molecule has 0 radical (unpaired) electrons. The van der Waals surface area contributed by atoms with Crippen LogP contribution in [0.15, 0.2) is 30.3 Å². The number of hydrogen-bond acceptors (Lipinski definition) is 4. The van der Waals surface area contributed by atoms with Crippen LogP contribution in [0.4, 0.5) is 17.1 Å². The Bertz CT molecular complexity index is 853. The van der Waals surface area contributed by atoms with Gasteiger partial charge in [0.25, 0.3) is 11.6 Å². The first-order chi connectivity index (χ1) is 12.4. The molecule has 0 bridgehead atoms. The minimum Gasteiger partial charge on any atom is -0.366 e. The molecule has 0 saturated carbocycles. The smallest absolute Gasteiger partial charge is 0.293 e. The van der Waals surface area contributed by atoms with Crippen molar-refractivity contribution in [1.82, 2.24) is 0 Å². The number of aryl methyl sites for hydroxylation is 2. The second-order valence-electron chi connectivity index (χ2n) is 6.53. The summed E-state index contributed by atoms with van der Waals surface area (Å²) in [5.74, 6) is -0.346. The van der Waals surface area contributed by atoms with E-state index in [0.29, 0.717) is 11.4 Å². The number of carbonyl (C=O) groups is 1. The predicted molar refractivity (Wildman–Crippen MR) is 111 cm³/mol. The first kappa shape index (κ1) is 18.6. The van der Waals surface area contributed by atoms with E-state index in [1.807, 2.05) is 30.9 Å². The van der Waals surface area contributed by atoms with Gasteiger partial charge in [0.2, 0.25) is 0 Å². The highest BCUT2D eigenvalue weighted by molar-refractivity contribution is 14.1. The molecule has 2 aromatic carbocycles. The molecule has 26 heavy (non-hydrogen) atoms. The Kier molecular flexibility index (Phi) is 5.45. The van der Waals surface area contributed by atoms with E-state index >= 15 is 0 Å². The number of nitro groups is 1. The maximum atomic E-state index is 12.6. The van der Waals surface area contributed by atoms with Gasteiger partial charge in [-0.05, 0) is 84.7 Å². The van der Waals surface area contributed by atoms with Gasteiger partial charge < -0.3 is 10.2 Å². The van der Waals surface area contributed by atoms with Crippen molar-refractivity contribution in [1.29, 1.82) is 0 Å². The van der Waals surface area contributed by atoms with Crippen LogP contribution in [-0.2, 0) is 0 Å². The molecule has 3 rings (SSSR count). The molecule has 0 aliphatic carbocycles. The van der Waals surface area contributed by atoms with Crippen molar-refractivity contribution in [3.63, 3.8) is 0 Å². The molecule has 1 aliphatic rings. The number of benzene rings is 2. The van der Waals surface area contributed by atoms with Crippen LogP contribution in [0.2, 0.25) is 0 Å². The Morgan fingerprint density at radius 1 is 1.15 bits per heavy atom. The molecule has 1 fully saturated rings. The summed E-state index contributed by atoms with van der Waals surface area (Å²) < 4.78 is 1.16. The van der Waals surface area contributed by atoms with Gasteiger partial charge in [-0.25, -0.2) is 0 Å². The zero-order valence-corrected chi connectivity index (χ0v) is 16.9. The SMILES string of the molecule is Cc1cc(NC(=O)c2ccc(N3CCCC3)c([N+](=O)[O-])c2)cc(C)c1I. The van der Waals surface area contributed by atoms with Gasteiger partial charge >= 0.3 is 0 Å². The lowest BCUT2D eigenvalue weighted by molar-refractivity contribution is -0.384. The number of rotatable bonds is 4. The molecule has 0 unspecified atom stereocenters. The molecule has 2 aromatic rings. The third-order valence-corrected chi connectivity index (χ3v) is 6.28. The number of nitrogens with zero attached hydrogens (tertiary/aromatic N) is 2. The van der Waals surface area contributed by atoms with E-state index in [1.54, 1.807) is 12.1 Å². The Morgan fingerprint density at radius 3 is 2.35 bits per heavy atom. The summed E-state index contributed by atoms with van der Waals surface area (Å²) in [6, 6.07) is 8.51. The molecule has 0 spiro atoms. The third kappa shape index (κ3) is 3.82. The van der Waals surface area contributed by atoms with Gasteiger partial charge in [0.15, 0.2) is 0 Å². The lowest BCUT2D eigenvalue weighted by atomic mass is 10.1. The molecule has 0 atom stereocenters. The van der Waals surface area contributed by atoms with Crippen LogP contribution in [0.5, 0.6) is 0 Å². The van der Waals surface area contributed by atoms with E-state index < -0.39 is 4.92 Å². The summed E-state index contributed by atoms with van der Waals surface area (Å²) in [7, 11) is 0. The molecule has 1 amide bonds. The number of hydrogen-bond donors (Lipinski definition) is 1. The minimum absolute atomic E-state index is 0.0190. The van der Waals surface area contributed by atoms with Gasteiger partial charge in [0.05, 0.1) is 4.92 Å². The Balaban J connectivity index is 1.87. The van der Waals surface area contributed by atoms with Gasteiger partial charge in [-0.15, -0.1) is 0 Å². The van der Waals surface area contributed by atoms with Crippen molar-refractivity contribution in [3.8, 4) is 0 Å². The number of carbonyl (C=O) groups excluding carboxylic acids is 1. The topological polar surface area (TPSA) is 75.5 Å². The highest BCUT2D eigenvalue weighted by Crippen LogP contribution is 2.32. The second kappa shape index (κ2) is 7.61. The highest BCUT2D eigenvalue weighted by Gasteiger charge is 2.24. The third-order valence-electron chi connectivity index (χ3n) is 4.58. The van der Waals surface area contributed by atoms with Crippen LogP contribution in [0.3, 0.4) is 0 Å². The summed E-state index contributed by atoms with van der Waals surface area (Å²) in [5.41, 5.74) is 3.71. The average Bonchev–Trinajstić information content (AvgIpc) is 3.13. The van der Waals surface area contributed by atoms with Crippen LogP contribution in [0, 0.1) is 27.5 Å². The second-order valence-corrected chi connectivity index (χ2v) is 7.61. The number of nitro benzene ring substituents is 1. The lowest BCUT2D eigenvalue weighted by Gasteiger charge is -2.18. The summed E-state index contributed by atoms with van der Waals surface area (Å²) in [6.45, 7) is 5.60. The van der Waals surface area contributed by atoms with E-state index in [-0.39, 0.29) is 17.2 Å². The number of nitrogens with one attached hydrogen (secondary N) is 1. The fraction of sp³-hybridized carbons (Fsp3) is 0.316. The zero-order chi connectivity index (χ0) is 18.8. The first-order valence-electron chi connectivity index (χ1n) is 8.48. The van der Waals surface area contributed by atoms with Crippen LogP contribution in [0.25, 0.3) is 0 Å². The molecule has 1 aliphatic heterocycles. The first-order valence-corrected chi connectivity index (χ1v) is 9.56. The summed E-state index contributed by atoms with van der Waals surface area (Å²) >= 11 is 2.27. The van der Waals surface area contributed by atoms with E-state index in [2.05, 4.69) is 27.9 Å². The van der Waals surface area contributed by atoms with Crippen molar-refractivity contribution >= 4 is 45.6 Å². The Morgan fingerprint density at radius 2 is 1.77 bits per heavy atom. The zero-order valence-electron chi connectivity index (χ0n) is 14.7. The fourth-order valence-corrected chi connectivity index (χ4v) is 3.57. The molecule has 1 N–H and O–H groups in total. The Labute approximate surface area is 165 Å². The summed E-state index contributed by atoms with van der Waals surface area (Å²) in [6.07, 6.45) is 2.07. The number of halogens is 1. The van der Waals surface area contributed by atoms with Crippen LogP contribution >= 0.6 is 22.6 Å².